The van der Waals surface area contributed by atoms with E-state index in [-0.39, 0.29) is 24.0 Å². The van der Waals surface area contributed by atoms with Crippen LogP contribution in [0.1, 0.15) is 38.7 Å². The van der Waals surface area contributed by atoms with Gasteiger partial charge in [0.15, 0.2) is 5.96 Å². The van der Waals surface area contributed by atoms with E-state index < -0.39 is 0 Å². The summed E-state index contributed by atoms with van der Waals surface area (Å²) >= 11 is 0. The monoisotopic (exact) mass is 475 g/mol. The number of guanidine groups is 1. The molecule has 0 heterocycles. The SMILES string of the molecule is CCNC(=NCC1(CCOCC)CC1)N(C)Cc1ccccc1OC.I. The summed E-state index contributed by atoms with van der Waals surface area (Å²) in [5.41, 5.74) is 1.52. The Labute approximate surface area is 175 Å². The van der Waals surface area contributed by atoms with Crippen molar-refractivity contribution < 1.29 is 9.47 Å². The minimum absolute atomic E-state index is 0. The van der Waals surface area contributed by atoms with E-state index in [1.54, 1.807) is 7.11 Å². The molecule has 6 heteroatoms. The smallest absolute Gasteiger partial charge is 0.193 e. The van der Waals surface area contributed by atoms with Crippen molar-refractivity contribution in [3.8, 4) is 5.75 Å². The van der Waals surface area contributed by atoms with Crippen LogP contribution in [0.25, 0.3) is 0 Å². The number of nitrogens with one attached hydrogen (secondary N) is 1. The maximum Gasteiger partial charge on any atom is 0.193 e. The third-order valence-corrected chi connectivity index (χ3v) is 4.80. The largest absolute Gasteiger partial charge is 0.496 e. The molecule has 1 aliphatic carbocycles. The first kappa shape index (κ1) is 23.0. The van der Waals surface area contributed by atoms with Gasteiger partial charge in [-0.25, -0.2) is 0 Å². The number of halogens is 1. The van der Waals surface area contributed by atoms with Crippen molar-refractivity contribution in [1.29, 1.82) is 0 Å². The predicted octanol–water partition coefficient (Wildman–Crippen LogP) is 3.92. The Bertz CT molecular complexity index is 562. The molecule has 2 rings (SSSR count). The molecule has 0 aromatic heterocycles. The van der Waals surface area contributed by atoms with Crippen molar-refractivity contribution in [2.45, 2.75) is 39.7 Å². The Hall–Kier alpha value is -1.02. The Morgan fingerprint density at radius 3 is 2.62 bits per heavy atom. The molecule has 1 saturated carbocycles. The maximum atomic E-state index is 5.53. The van der Waals surface area contributed by atoms with Gasteiger partial charge in [-0.2, -0.15) is 0 Å². The number of para-hydroxylation sites is 1. The molecule has 0 spiro atoms. The zero-order valence-electron chi connectivity index (χ0n) is 16.6. The van der Waals surface area contributed by atoms with Crippen molar-refractivity contribution in [2.75, 3.05) is 40.5 Å². The van der Waals surface area contributed by atoms with E-state index in [9.17, 15) is 0 Å². The first-order valence-electron chi connectivity index (χ1n) is 9.33. The molecule has 0 bridgehead atoms. The highest BCUT2D eigenvalue weighted by Crippen LogP contribution is 2.49. The molecule has 0 radical (unpaired) electrons. The number of hydrogen-bond acceptors (Lipinski definition) is 3. The van der Waals surface area contributed by atoms with Crippen molar-refractivity contribution in [2.24, 2.45) is 10.4 Å². The molecule has 1 aromatic rings. The maximum absolute atomic E-state index is 5.53. The number of nitrogens with zero attached hydrogens (tertiary/aromatic N) is 2. The standard InChI is InChI=1S/C20H33N3O2.HI/c1-5-21-19(22-16-20(11-12-20)13-14-25-6-2)23(3)15-17-9-7-8-10-18(17)24-4;/h7-10H,5-6,11-16H2,1-4H3,(H,21,22);1H. The molecule has 0 amide bonds. The highest BCUT2D eigenvalue weighted by molar-refractivity contribution is 14.0. The fourth-order valence-corrected chi connectivity index (χ4v) is 2.97. The zero-order chi connectivity index (χ0) is 18.1. The summed E-state index contributed by atoms with van der Waals surface area (Å²) < 4.78 is 11.0. The van der Waals surface area contributed by atoms with Crippen LogP contribution in [0.4, 0.5) is 0 Å². The number of rotatable bonds is 10. The fraction of sp³-hybridized carbons (Fsp3) is 0.650. The van der Waals surface area contributed by atoms with Crippen LogP contribution in [-0.2, 0) is 11.3 Å². The molecule has 5 nitrogen and oxygen atoms in total. The molecular formula is C20H34IN3O2. The minimum atomic E-state index is 0. The predicted molar refractivity (Wildman–Crippen MR) is 119 cm³/mol. The van der Waals surface area contributed by atoms with Crippen molar-refractivity contribution >= 4 is 29.9 Å². The Morgan fingerprint density at radius 1 is 1.27 bits per heavy atom. The van der Waals surface area contributed by atoms with Gasteiger partial charge < -0.3 is 19.7 Å². The average Bonchev–Trinajstić information content (AvgIpc) is 3.39. The normalized spacial score (nSPS) is 15.2. The molecule has 0 unspecified atom stereocenters. The molecule has 26 heavy (non-hydrogen) atoms. The molecular weight excluding hydrogens is 441 g/mol. The van der Waals surface area contributed by atoms with Crippen LogP contribution in [-0.4, -0.2) is 51.3 Å². The molecule has 0 saturated heterocycles. The quantitative estimate of drug-likeness (QED) is 0.241. The van der Waals surface area contributed by atoms with E-state index in [1.807, 2.05) is 25.1 Å². The Balaban J connectivity index is 0.00000338. The molecule has 0 atom stereocenters. The van der Waals surface area contributed by atoms with E-state index in [1.165, 1.54) is 12.8 Å². The lowest BCUT2D eigenvalue weighted by atomic mass is 10.0. The summed E-state index contributed by atoms with van der Waals surface area (Å²) in [7, 11) is 3.79. The number of methoxy groups -OCH3 is 1. The third kappa shape index (κ3) is 6.95. The number of hydrogen-bond donors (Lipinski definition) is 1. The third-order valence-electron chi connectivity index (χ3n) is 4.80. The Morgan fingerprint density at radius 2 is 2.00 bits per heavy atom. The van der Waals surface area contributed by atoms with Crippen LogP contribution in [0.2, 0.25) is 0 Å². The molecule has 1 aliphatic rings. The van der Waals surface area contributed by atoms with Gasteiger partial charge in [-0.05, 0) is 44.6 Å². The van der Waals surface area contributed by atoms with Crippen LogP contribution in [0, 0.1) is 5.41 Å². The Kier molecular flexibility index (Phi) is 10.3. The molecule has 148 valence electrons. The summed E-state index contributed by atoms with van der Waals surface area (Å²) in [6.45, 7) is 8.30. The van der Waals surface area contributed by atoms with Gasteiger partial charge in [0.25, 0.3) is 0 Å². The number of ether oxygens (including phenoxy) is 2. The van der Waals surface area contributed by atoms with Crippen molar-refractivity contribution in [3.63, 3.8) is 0 Å². The highest BCUT2D eigenvalue weighted by atomic mass is 127. The van der Waals surface area contributed by atoms with Crippen molar-refractivity contribution in [1.82, 2.24) is 10.2 Å². The van der Waals surface area contributed by atoms with E-state index in [4.69, 9.17) is 14.5 Å². The van der Waals surface area contributed by atoms with E-state index in [2.05, 4.69) is 30.3 Å². The summed E-state index contributed by atoms with van der Waals surface area (Å²) in [5, 5.41) is 3.41. The second-order valence-corrected chi connectivity index (χ2v) is 6.78. The lowest BCUT2D eigenvalue weighted by Crippen LogP contribution is -2.39. The van der Waals surface area contributed by atoms with E-state index in [0.29, 0.717) is 5.41 Å². The van der Waals surface area contributed by atoms with Gasteiger partial charge in [0.05, 0.1) is 7.11 Å². The van der Waals surface area contributed by atoms with Crippen LogP contribution in [0.3, 0.4) is 0 Å². The van der Waals surface area contributed by atoms with Gasteiger partial charge >= 0.3 is 0 Å². The van der Waals surface area contributed by atoms with Crippen molar-refractivity contribution in [3.05, 3.63) is 29.8 Å². The highest BCUT2D eigenvalue weighted by Gasteiger charge is 2.42. The summed E-state index contributed by atoms with van der Waals surface area (Å²) in [4.78, 5) is 7.08. The van der Waals surface area contributed by atoms with Gasteiger partial charge in [-0.15, -0.1) is 24.0 Å². The van der Waals surface area contributed by atoms with Gasteiger partial charge in [0.2, 0.25) is 0 Å². The van der Waals surface area contributed by atoms with Crippen LogP contribution >= 0.6 is 24.0 Å². The second-order valence-electron chi connectivity index (χ2n) is 6.78. The zero-order valence-corrected chi connectivity index (χ0v) is 18.9. The molecule has 1 fully saturated rings. The lowest BCUT2D eigenvalue weighted by Gasteiger charge is -2.24. The van der Waals surface area contributed by atoms with Gasteiger partial charge in [0.1, 0.15) is 5.75 Å². The molecule has 0 aliphatic heterocycles. The van der Waals surface area contributed by atoms with Crippen LogP contribution < -0.4 is 10.1 Å². The second kappa shape index (κ2) is 11.6. The summed E-state index contributed by atoms with van der Waals surface area (Å²) in [6.07, 6.45) is 3.64. The topological polar surface area (TPSA) is 46.1 Å². The van der Waals surface area contributed by atoms with Crippen LogP contribution in [0.5, 0.6) is 5.75 Å². The fourth-order valence-electron chi connectivity index (χ4n) is 2.97. The van der Waals surface area contributed by atoms with Gasteiger partial charge in [-0.1, -0.05) is 18.2 Å². The molecule has 1 aromatic carbocycles. The van der Waals surface area contributed by atoms with Crippen LogP contribution in [0.15, 0.2) is 29.3 Å². The summed E-state index contributed by atoms with van der Waals surface area (Å²) in [5.74, 6) is 1.87. The van der Waals surface area contributed by atoms with E-state index in [0.717, 1.165) is 56.5 Å². The van der Waals surface area contributed by atoms with Gasteiger partial charge in [-0.3, -0.25) is 4.99 Å². The minimum Gasteiger partial charge on any atom is -0.496 e. The first-order valence-corrected chi connectivity index (χ1v) is 9.33. The number of benzene rings is 1. The summed E-state index contributed by atoms with van der Waals surface area (Å²) in [6, 6.07) is 8.14. The number of aliphatic imine (C=N–C) groups is 1. The average molecular weight is 475 g/mol. The van der Waals surface area contributed by atoms with E-state index >= 15 is 0 Å². The van der Waals surface area contributed by atoms with Gasteiger partial charge in [0, 0.05) is 45.5 Å². The first-order chi connectivity index (χ1) is 12.1. The lowest BCUT2D eigenvalue weighted by molar-refractivity contribution is 0.129. The molecule has 1 N–H and O–H groups in total.